The lowest BCUT2D eigenvalue weighted by molar-refractivity contribution is -0.165. The van der Waals surface area contributed by atoms with Crippen molar-refractivity contribution >= 4 is 5.97 Å². The third kappa shape index (κ3) is 2.17. The van der Waals surface area contributed by atoms with Gasteiger partial charge in [0, 0.05) is 0 Å². The van der Waals surface area contributed by atoms with E-state index < -0.39 is 11.5 Å². The molecule has 1 N–H and O–H groups in total. The van der Waals surface area contributed by atoms with Crippen LogP contribution in [0.1, 0.15) is 40.0 Å². The van der Waals surface area contributed by atoms with E-state index in [1.165, 1.54) is 7.11 Å². The van der Waals surface area contributed by atoms with E-state index in [1.54, 1.807) is 6.92 Å². The third-order valence-corrected chi connectivity index (χ3v) is 4.18. The van der Waals surface area contributed by atoms with Crippen molar-refractivity contribution in [3.05, 3.63) is 0 Å². The molecule has 0 aromatic carbocycles. The van der Waals surface area contributed by atoms with Gasteiger partial charge in [0.15, 0.2) is 0 Å². The molecule has 1 aliphatic rings. The molecule has 88 valence electrons. The molecule has 1 rings (SSSR count). The van der Waals surface area contributed by atoms with Crippen LogP contribution in [0.2, 0.25) is 0 Å². The molecule has 0 aliphatic heterocycles. The summed E-state index contributed by atoms with van der Waals surface area (Å²) >= 11 is 0. The van der Waals surface area contributed by atoms with Crippen LogP contribution in [0.5, 0.6) is 0 Å². The molecule has 1 saturated carbocycles. The highest BCUT2D eigenvalue weighted by atomic mass is 16.5. The van der Waals surface area contributed by atoms with E-state index in [-0.39, 0.29) is 11.9 Å². The van der Waals surface area contributed by atoms with Gasteiger partial charge in [-0.1, -0.05) is 26.7 Å². The summed E-state index contributed by atoms with van der Waals surface area (Å²) in [5, 5.41) is 10.6. The van der Waals surface area contributed by atoms with Gasteiger partial charge < -0.3 is 9.84 Å². The van der Waals surface area contributed by atoms with Crippen molar-refractivity contribution in [3.63, 3.8) is 0 Å². The van der Waals surface area contributed by atoms with E-state index >= 15 is 0 Å². The Bertz CT molecular complexity index is 239. The van der Waals surface area contributed by atoms with Gasteiger partial charge in [0.2, 0.25) is 0 Å². The summed E-state index contributed by atoms with van der Waals surface area (Å²) in [4.78, 5) is 11.5. The number of methoxy groups -OCH3 is 1. The summed E-state index contributed by atoms with van der Waals surface area (Å²) in [6.07, 6.45) is 2.83. The topological polar surface area (TPSA) is 46.5 Å². The number of carbonyl (C=O) groups is 1. The second-order valence-electron chi connectivity index (χ2n) is 4.89. The quantitative estimate of drug-likeness (QED) is 0.715. The second kappa shape index (κ2) is 4.52. The highest BCUT2D eigenvalue weighted by molar-refractivity contribution is 5.73. The van der Waals surface area contributed by atoms with Gasteiger partial charge in [-0.2, -0.15) is 0 Å². The molecule has 3 nitrogen and oxygen atoms in total. The number of rotatable bonds is 2. The molecule has 0 aromatic rings. The number of carbonyl (C=O) groups excluding carboxylic acids is 1. The number of hydrogen-bond acceptors (Lipinski definition) is 3. The molecule has 0 heterocycles. The third-order valence-electron chi connectivity index (χ3n) is 4.18. The first kappa shape index (κ1) is 12.5. The number of aliphatic hydroxyl groups is 1. The van der Waals surface area contributed by atoms with Crippen molar-refractivity contribution in [3.8, 4) is 0 Å². The maximum atomic E-state index is 11.5. The number of hydrogen-bond donors (Lipinski definition) is 1. The summed E-state index contributed by atoms with van der Waals surface area (Å²) in [5.74, 6) is -0.116. The lowest BCUT2D eigenvalue weighted by Gasteiger charge is -2.44. The molecule has 15 heavy (non-hydrogen) atoms. The molecule has 0 spiro atoms. The zero-order chi connectivity index (χ0) is 11.6. The molecule has 3 heteroatoms. The summed E-state index contributed by atoms with van der Waals surface area (Å²) in [6, 6.07) is 0. The van der Waals surface area contributed by atoms with Gasteiger partial charge in [0.25, 0.3) is 0 Å². The molecule has 1 aliphatic carbocycles. The zero-order valence-corrected chi connectivity index (χ0v) is 10.1. The van der Waals surface area contributed by atoms with Crippen LogP contribution in [0.25, 0.3) is 0 Å². The van der Waals surface area contributed by atoms with Crippen LogP contribution in [-0.2, 0) is 9.53 Å². The minimum Gasteiger partial charge on any atom is -0.469 e. The van der Waals surface area contributed by atoms with Crippen molar-refractivity contribution in [1.29, 1.82) is 0 Å². The molecule has 0 radical (unpaired) electrons. The largest absolute Gasteiger partial charge is 0.469 e. The van der Waals surface area contributed by atoms with Crippen LogP contribution in [-0.4, -0.2) is 23.8 Å². The fraction of sp³-hybridized carbons (Fsp3) is 0.917. The maximum absolute atomic E-state index is 11.5. The standard InChI is InChI=1S/C12H22O3/c1-8-6-5-7-12(14,9(8)2)10(3)11(13)15-4/h8-10,14H,5-7H2,1-4H3. The van der Waals surface area contributed by atoms with E-state index in [4.69, 9.17) is 4.74 Å². The van der Waals surface area contributed by atoms with Crippen molar-refractivity contribution in [1.82, 2.24) is 0 Å². The van der Waals surface area contributed by atoms with Crippen molar-refractivity contribution in [2.45, 2.75) is 45.6 Å². The van der Waals surface area contributed by atoms with E-state index in [1.807, 2.05) is 6.92 Å². The Morgan fingerprint density at radius 1 is 1.53 bits per heavy atom. The fourth-order valence-corrected chi connectivity index (χ4v) is 2.67. The second-order valence-corrected chi connectivity index (χ2v) is 4.89. The van der Waals surface area contributed by atoms with Gasteiger partial charge in [0.1, 0.15) is 0 Å². The minimum absolute atomic E-state index is 0.153. The Labute approximate surface area is 91.8 Å². The minimum atomic E-state index is -0.884. The Hall–Kier alpha value is -0.570. The first-order valence-electron chi connectivity index (χ1n) is 5.73. The number of ether oxygens (including phenoxy) is 1. The predicted octanol–water partition coefficient (Wildman–Crippen LogP) is 1.98. The van der Waals surface area contributed by atoms with Crippen LogP contribution in [0.15, 0.2) is 0 Å². The highest BCUT2D eigenvalue weighted by Gasteiger charge is 2.47. The average Bonchev–Trinajstić information content (AvgIpc) is 2.23. The smallest absolute Gasteiger partial charge is 0.311 e. The summed E-state index contributed by atoms with van der Waals surface area (Å²) in [5.41, 5.74) is -0.884. The van der Waals surface area contributed by atoms with Crippen LogP contribution in [0.3, 0.4) is 0 Å². The molecule has 0 amide bonds. The van der Waals surface area contributed by atoms with E-state index in [2.05, 4.69) is 6.92 Å². The monoisotopic (exact) mass is 214 g/mol. The Kier molecular flexibility index (Phi) is 3.77. The summed E-state index contributed by atoms with van der Waals surface area (Å²) < 4.78 is 4.72. The lowest BCUT2D eigenvalue weighted by atomic mass is 9.65. The highest BCUT2D eigenvalue weighted by Crippen LogP contribution is 2.42. The fourth-order valence-electron chi connectivity index (χ4n) is 2.67. The SMILES string of the molecule is COC(=O)C(C)C1(O)CCCC(C)C1C. The molecule has 0 bridgehead atoms. The van der Waals surface area contributed by atoms with Crippen molar-refractivity contribution in [2.75, 3.05) is 7.11 Å². The Morgan fingerprint density at radius 3 is 2.67 bits per heavy atom. The molecular weight excluding hydrogens is 192 g/mol. The van der Waals surface area contributed by atoms with Crippen LogP contribution >= 0.6 is 0 Å². The van der Waals surface area contributed by atoms with E-state index in [0.29, 0.717) is 12.3 Å². The van der Waals surface area contributed by atoms with Gasteiger partial charge >= 0.3 is 5.97 Å². The van der Waals surface area contributed by atoms with Crippen LogP contribution in [0, 0.1) is 17.8 Å². The Morgan fingerprint density at radius 2 is 2.13 bits per heavy atom. The normalized spacial score (nSPS) is 38.5. The van der Waals surface area contributed by atoms with Crippen molar-refractivity contribution < 1.29 is 14.6 Å². The summed E-state index contributed by atoms with van der Waals surface area (Å²) in [7, 11) is 1.37. The maximum Gasteiger partial charge on any atom is 0.311 e. The molecule has 0 aromatic heterocycles. The Balaban J connectivity index is 2.83. The molecule has 1 fully saturated rings. The van der Waals surface area contributed by atoms with E-state index in [0.717, 1.165) is 12.8 Å². The first-order chi connectivity index (χ1) is 6.93. The van der Waals surface area contributed by atoms with Gasteiger partial charge in [-0.3, -0.25) is 4.79 Å². The molecule has 4 unspecified atom stereocenters. The van der Waals surface area contributed by atoms with Gasteiger partial charge in [-0.25, -0.2) is 0 Å². The van der Waals surface area contributed by atoms with Gasteiger partial charge in [-0.05, 0) is 25.2 Å². The zero-order valence-electron chi connectivity index (χ0n) is 10.1. The molecule has 0 saturated heterocycles. The molecular formula is C12H22O3. The lowest BCUT2D eigenvalue weighted by Crippen LogP contribution is -2.50. The van der Waals surface area contributed by atoms with Gasteiger partial charge in [0.05, 0.1) is 18.6 Å². The van der Waals surface area contributed by atoms with E-state index in [9.17, 15) is 9.90 Å². The van der Waals surface area contributed by atoms with Crippen LogP contribution < -0.4 is 0 Å². The predicted molar refractivity (Wildman–Crippen MR) is 58.3 cm³/mol. The first-order valence-corrected chi connectivity index (χ1v) is 5.73. The molecule has 4 atom stereocenters. The summed E-state index contributed by atoms with van der Waals surface area (Å²) in [6.45, 7) is 5.93. The number of esters is 1. The van der Waals surface area contributed by atoms with Crippen molar-refractivity contribution in [2.24, 2.45) is 17.8 Å². The van der Waals surface area contributed by atoms with Gasteiger partial charge in [-0.15, -0.1) is 0 Å². The average molecular weight is 214 g/mol. The van der Waals surface area contributed by atoms with Crippen LogP contribution in [0.4, 0.5) is 0 Å².